The molecule has 0 radical (unpaired) electrons. The fraction of sp³-hybridized carbons (Fsp3) is 0.250. The van der Waals surface area contributed by atoms with Crippen LogP contribution in [-0.2, 0) is 4.74 Å². The largest absolute Gasteiger partial charge is 0.493 e. The van der Waals surface area contributed by atoms with Crippen LogP contribution in [-0.4, -0.2) is 17.2 Å². The first-order valence-electron chi connectivity index (χ1n) is 5.52. The minimum atomic E-state index is -0.513. The summed E-state index contributed by atoms with van der Waals surface area (Å²) < 4.78 is 5.17. The molecule has 0 bridgehead atoms. The number of hydrogen-bond donors (Lipinski definition) is 1. The van der Waals surface area contributed by atoms with E-state index in [0.717, 1.165) is 0 Å². The highest BCUT2D eigenvalue weighted by Crippen LogP contribution is 2.27. The van der Waals surface area contributed by atoms with Crippen molar-refractivity contribution in [1.29, 1.82) is 0 Å². The van der Waals surface area contributed by atoms with E-state index >= 15 is 0 Å². The molecule has 1 aromatic rings. The number of halogens is 1. The molecule has 0 aromatic heterocycles. The molecular formula is C12H14ClN3O3. The van der Waals surface area contributed by atoms with E-state index in [1.54, 1.807) is 6.92 Å². The smallest absolute Gasteiger partial charge is 0.294 e. The number of nitrogens with zero attached hydrogens (tertiary/aromatic N) is 2. The monoisotopic (exact) mass is 283 g/mol. The van der Waals surface area contributed by atoms with Crippen molar-refractivity contribution < 1.29 is 9.66 Å². The lowest BCUT2D eigenvalue weighted by molar-refractivity contribution is -0.384. The van der Waals surface area contributed by atoms with E-state index in [1.807, 2.05) is 6.92 Å². The van der Waals surface area contributed by atoms with Crippen molar-refractivity contribution in [1.82, 2.24) is 0 Å². The Bertz CT molecular complexity index is 529. The SMILES string of the molecule is C=C(OCC)/C(C)=N/Nc1cc(Cl)ccc1[N+](=O)[O-]. The number of ether oxygens (including phenoxy) is 1. The number of hydrazone groups is 1. The van der Waals surface area contributed by atoms with Gasteiger partial charge in [-0.05, 0) is 26.0 Å². The van der Waals surface area contributed by atoms with Crippen LogP contribution >= 0.6 is 11.6 Å². The number of rotatable bonds is 6. The summed E-state index contributed by atoms with van der Waals surface area (Å²) in [6, 6.07) is 4.19. The normalized spacial score (nSPS) is 11.0. The number of nitro groups is 1. The highest BCUT2D eigenvalue weighted by Gasteiger charge is 2.13. The van der Waals surface area contributed by atoms with Crippen LogP contribution in [0.1, 0.15) is 13.8 Å². The van der Waals surface area contributed by atoms with Gasteiger partial charge in [-0.15, -0.1) is 0 Å². The van der Waals surface area contributed by atoms with Gasteiger partial charge in [0.15, 0.2) is 0 Å². The summed E-state index contributed by atoms with van der Waals surface area (Å²) in [4.78, 5) is 10.3. The predicted molar refractivity (Wildman–Crippen MR) is 75.6 cm³/mol. The van der Waals surface area contributed by atoms with Crippen molar-refractivity contribution in [3.63, 3.8) is 0 Å². The quantitative estimate of drug-likeness (QED) is 0.375. The van der Waals surface area contributed by atoms with Gasteiger partial charge in [0.25, 0.3) is 5.69 Å². The first kappa shape index (κ1) is 15.0. The Hall–Kier alpha value is -2.08. The molecule has 1 aromatic carbocycles. The summed E-state index contributed by atoms with van der Waals surface area (Å²) in [6.45, 7) is 7.66. The molecule has 0 amide bonds. The molecule has 0 heterocycles. The number of hydrogen-bond acceptors (Lipinski definition) is 5. The van der Waals surface area contributed by atoms with Gasteiger partial charge in [-0.3, -0.25) is 15.5 Å². The maximum atomic E-state index is 10.8. The summed E-state index contributed by atoms with van der Waals surface area (Å²) in [5.41, 5.74) is 3.19. The average Bonchev–Trinajstić information content (AvgIpc) is 2.35. The van der Waals surface area contributed by atoms with Crippen LogP contribution in [0.25, 0.3) is 0 Å². The summed E-state index contributed by atoms with van der Waals surface area (Å²) in [5, 5.41) is 15.2. The predicted octanol–water partition coefficient (Wildman–Crippen LogP) is 3.59. The first-order valence-corrected chi connectivity index (χ1v) is 5.89. The number of allylic oxidation sites excluding steroid dienone is 1. The van der Waals surface area contributed by atoms with Gasteiger partial charge in [0.1, 0.15) is 11.4 Å². The third kappa shape index (κ3) is 4.26. The van der Waals surface area contributed by atoms with Crippen LogP contribution in [0.3, 0.4) is 0 Å². The number of anilines is 1. The number of benzene rings is 1. The molecule has 0 saturated carbocycles. The second-order valence-electron chi connectivity index (χ2n) is 3.58. The molecular weight excluding hydrogens is 270 g/mol. The molecule has 102 valence electrons. The van der Waals surface area contributed by atoms with Crippen LogP contribution in [0.5, 0.6) is 0 Å². The molecule has 1 rings (SSSR count). The van der Waals surface area contributed by atoms with E-state index < -0.39 is 4.92 Å². The van der Waals surface area contributed by atoms with Crippen LogP contribution < -0.4 is 5.43 Å². The second-order valence-corrected chi connectivity index (χ2v) is 4.02. The Balaban J connectivity index is 2.93. The van der Waals surface area contributed by atoms with E-state index in [0.29, 0.717) is 23.1 Å². The second kappa shape index (κ2) is 6.75. The van der Waals surface area contributed by atoms with E-state index in [1.165, 1.54) is 18.2 Å². The van der Waals surface area contributed by atoms with Gasteiger partial charge in [0, 0.05) is 11.1 Å². The minimum Gasteiger partial charge on any atom is -0.493 e. The maximum Gasteiger partial charge on any atom is 0.294 e. The van der Waals surface area contributed by atoms with Gasteiger partial charge >= 0.3 is 0 Å². The number of nitrogens with one attached hydrogen (secondary N) is 1. The van der Waals surface area contributed by atoms with Gasteiger partial charge in [-0.25, -0.2) is 0 Å². The van der Waals surface area contributed by atoms with Crippen molar-refractivity contribution in [3.05, 3.63) is 45.7 Å². The lowest BCUT2D eigenvalue weighted by Gasteiger charge is -2.07. The van der Waals surface area contributed by atoms with Gasteiger partial charge in [0.2, 0.25) is 0 Å². The van der Waals surface area contributed by atoms with E-state index in [9.17, 15) is 10.1 Å². The van der Waals surface area contributed by atoms with Gasteiger partial charge in [0.05, 0.1) is 17.2 Å². The van der Waals surface area contributed by atoms with Crippen LogP contribution in [0, 0.1) is 10.1 Å². The standard InChI is InChI=1S/C12H14ClN3O3/c1-4-19-9(3)8(2)14-15-11-7-10(13)5-6-12(11)16(17)18/h5-7,15H,3-4H2,1-2H3/b14-8+. The molecule has 0 aliphatic carbocycles. The lowest BCUT2D eigenvalue weighted by Crippen LogP contribution is -2.05. The Kier molecular flexibility index (Phi) is 5.32. The molecule has 0 aliphatic rings. The van der Waals surface area contributed by atoms with Crippen molar-refractivity contribution in [2.45, 2.75) is 13.8 Å². The van der Waals surface area contributed by atoms with Crippen LogP contribution in [0.15, 0.2) is 35.6 Å². The molecule has 0 fully saturated rings. The van der Waals surface area contributed by atoms with Crippen molar-refractivity contribution in [2.75, 3.05) is 12.0 Å². The highest BCUT2D eigenvalue weighted by atomic mass is 35.5. The summed E-state index contributed by atoms with van der Waals surface area (Å²) in [7, 11) is 0. The fourth-order valence-electron chi connectivity index (χ4n) is 1.24. The molecule has 0 aliphatic heterocycles. The topological polar surface area (TPSA) is 76.8 Å². The average molecular weight is 284 g/mol. The summed E-state index contributed by atoms with van der Waals surface area (Å²) in [5.74, 6) is 0.402. The molecule has 0 atom stereocenters. The fourth-order valence-corrected chi connectivity index (χ4v) is 1.41. The van der Waals surface area contributed by atoms with Gasteiger partial charge in [-0.1, -0.05) is 18.2 Å². The van der Waals surface area contributed by atoms with E-state index in [-0.39, 0.29) is 11.4 Å². The maximum absolute atomic E-state index is 10.8. The Morgan fingerprint density at radius 2 is 2.32 bits per heavy atom. The van der Waals surface area contributed by atoms with E-state index in [4.69, 9.17) is 16.3 Å². The van der Waals surface area contributed by atoms with Crippen LogP contribution in [0.2, 0.25) is 5.02 Å². The molecule has 7 heteroatoms. The Morgan fingerprint density at radius 1 is 1.63 bits per heavy atom. The first-order chi connectivity index (χ1) is 8.95. The Labute approximate surface area is 115 Å². The van der Waals surface area contributed by atoms with Crippen molar-refractivity contribution >= 4 is 28.7 Å². The van der Waals surface area contributed by atoms with Crippen LogP contribution in [0.4, 0.5) is 11.4 Å². The molecule has 0 spiro atoms. The molecule has 0 unspecified atom stereocenters. The molecule has 0 saturated heterocycles. The van der Waals surface area contributed by atoms with Crippen molar-refractivity contribution in [3.8, 4) is 0 Å². The zero-order chi connectivity index (χ0) is 14.4. The van der Waals surface area contributed by atoms with Crippen molar-refractivity contribution in [2.24, 2.45) is 5.10 Å². The summed E-state index contributed by atoms with van der Waals surface area (Å²) >= 11 is 5.80. The Morgan fingerprint density at radius 3 is 2.89 bits per heavy atom. The highest BCUT2D eigenvalue weighted by molar-refractivity contribution is 6.31. The van der Waals surface area contributed by atoms with Gasteiger partial charge in [-0.2, -0.15) is 5.10 Å². The third-order valence-corrected chi connectivity index (χ3v) is 2.46. The molecule has 19 heavy (non-hydrogen) atoms. The van der Waals surface area contributed by atoms with E-state index in [2.05, 4.69) is 17.1 Å². The third-order valence-electron chi connectivity index (χ3n) is 2.22. The molecule has 1 N–H and O–H groups in total. The number of nitro benzene ring substituents is 1. The zero-order valence-corrected chi connectivity index (χ0v) is 11.4. The lowest BCUT2D eigenvalue weighted by atomic mass is 10.3. The molecule has 6 nitrogen and oxygen atoms in total. The minimum absolute atomic E-state index is 0.108. The van der Waals surface area contributed by atoms with Gasteiger partial charge < -0.3 is 4.74 Å². The summed E-state index contributed by atoms with van der Waals surface area (Å²) in [6.07, 6.45) is 0. The zero-order valence-electron chi connectivity index (χ0n) is 10.6.